The lowest BCUT2D eigenvalue weighted by Crippen LogP contribution is -2.51. The third-order valence-corrected chi connectivity index (χ3v) is 1.49. The molecule has 0 saturated heterocycles. The first-order chi connectivity index (χ1) is 7.05. The molecule has 0 aliphatic rings. The third-order valence-electron chi connectivity index (χ3n) is 1.49. The minimum Gasteiger partial charge on any atom is -0.489 e. The number of hydrogen-bond donors (Lipinski definition) is 0. The number of hydrogen-bond acceptors (Lipinski definition) is 1. The average Bonchev–Trinajstić information content (AvgIpc) is 2.11. The summed E-state index contributed by atoms with van der Waals surface area (Å²) in [6.45, 7) is 2.60. The molecule has 0 aromatic carbocycles. The first-order valence-electron chi connectivity index (χ1n) is 3.68. The highest BCUT2D eigenvalue weighted by Gasteiger charge is 2.61. The maximum atomic E-state index is 12.5. The molecule has 0 radical (unpaired) electrons. The van der Waals surface area contributed by atoms with Crippen molar-refractivity contribution >= 4 is 0 Å². The Morgan fingerprint density at radius 1 is 1.00 bits per heavy atom. The highest BCUT2D eigenvalue weighted by Crippen LogP contribution is 2.37. The Bertz CT molecular complexity index is 235. The summed E-state index contributed by atoms with van der Waals surface area (Å²) in [6.07, 6.45) is -18.1. The zero-order valence-corrected chi connectivity index (χ0v) is 7.45. The van der Waals surface area contributed by atoms with Crippen molar-refractivity contribution in [3.05, 3.63) is 12.8 Å². The van der Waals surface area contributed by atoms with Gasteiger partial charge in [0.2, 0.25) is 12.3 Å². The second kappa shape index (κ2) is 4.88. The smallest absolute Gasteiger partial charge is 0.423 e. The molecule has 9 heteroatoms. The monoisotopic (exact) mass is 258 g/mol. The molecule has 2 unspecified atom stereocenters. The van der Waals surface area contributed by atoms with E-state index < -0.39 is 30.8 Å². The van der Waals surface area contributed by atoms with Crippen molar-refractivity contribution < 1.29 is 39.9 Å². The summed E-state index contributed by atoms with van der Waals surface area (Å²) in [4.78, 5) is 0. The highest BCUT2D eigenvalue weighted by atomic mass is 19.4. The standard InChI is InChI=1S/C7H6F8O/c1-2-16-4(3(8)7(13,14)15)6(11,12)5(9)10/h2-5H,1H2. The maximum Gasteiger partial charge on any atom is 0.423 e. The molecule has 0 aromatic heterocycles. The molecule has 16 heavy (non-hydrogen) atoms. The Morgan fingerprint density at radius 2 is 1.44 bits per heavy atom. The van der Waals surface area contributed by atoms with Crippen molar-refractivity contribution in [2.45, 2.75) is 30.8 Å². The van der Waals surface area contributed by atoms with E-state index in [1.807, 2.05) is 0 Å². The van der Waals surface area contributed by atoms with Crippen LogP contribution in [0.4, 0.5) is 35.1 Å². The number of halogens is 8. The maximum absolute atomic E-state index is 12.5. The first kappa shape index (κ1) is 15.0. The van der Waals surface area contributed by atoms with Crippen molar-refractivity contribution in [3.63, 3.8) is 0 Å². The van der Waals surface area contributed by atoms with Crippen molar-refractivity contribution in [1.29, 1.82) is 0 Å². The summed E-state index contributed by atoms with van der Waals surface area (Å²) in [6, 6.07) is 0. The van der Waals surface area contributed by atoms with Crippen LogP contribution in [0.15, 0.2) is 12.8 Å². The topological polar surface area (TPSA) is 9.23 Å². The van der Waals surface area contributed by atoms with Gasteiger partial charge in [0, 0.05) is 0 Å². The number of alkyl halides is 8. The summed E-state index contributed by atoms with van der Waals surface area (Å²) in [5.41, 5.74) is 0. The normalized spacial score (nSPS) is 17.1. The SMILES string of the molecule is C=COC(C(F)C(F)(F)F)C(F)(F)C(F)F. The van der Waals surface area contributed by atoms with Gasteiger partial charge >= 0.3 is 18.5 Å². The van der Waals surface area contributed by atoms with Gasteiger partial charge < -0.3 is 4.74 Å². The number of ether oxygens (including phenoxy) is 1. The fourth-order valence-corrected chi connectivity index (χ4v) is 0.754. The molecule has 96 valence electrons. The number of rotatable bonds is 5. The van der Waals surface area contributed by atoms with E-state index >= 15 is 0 Å². The molecule has 0 N–H and O–H groups in total. The average molecular weight is 258 g/mol. The highest BCUT2D eigenvalue weighted by molar-refractivity contribution is 4.91. The van der Waals surface area contributed by atoms with Crippen LogP contribution in [0, 0.1) is 0 Å². The predicted molar refractivity (Wildman–Crippen MR) is 37.0 cm³/mol. The van der Waals surface area contributed by atoms with Gasteiger partial charge in [0.15, 0.2) is 0 Å². The van der Waals surface area contributed by atoms with Crippen LogP contribution in [0.1, 0.15) is 0 Å². The van der Waals surface area contributed by atoms with E-state index in [1.165, 1.54) is 0 Å². The van der Waals surface area contributed by atoms with Crippen LogP contribution < -0.4 is 0 Å². The van der Waals surface area contributed by atoms with Crippen molar-refractivity contribution in [2.75, 3.05) is 0 Å². The van der Waals surface area contributed by atoms with E-state index in [1.54, 1.807) is 0 Å². The fraction of sp³-hybridized carbons (Fsp3) is 0.714. The summed E-state index contributed by atoms with van der Waals surface area (Å²) in [7, 11) is 0. The van der Waals surface area contributed by atoms with Crippen LogP contribution in [0.5, 0.6) is 0 Å². The summed E-state index contributed by atoms with van der Waals surface area (Å²) in [5.74, 6) is -5.27. The molecule has 0 fully saturated rings. The molecule has 2 atom stereocenters. The van der Waals surface area contributed by atoms with Gasteiger partial charge in [-0.05, 0) is 0 Å². The van der Waals surface area contributed by atoms with Crippen LogP contribution >= 0.6 is 0 Å². The molecule has 0 spiro atoms. The summed E-state index contributed by atoms with van der Waals surface area (Å²) in [5, 5.41) is 0. The van der Waals surface area contributed by atoms with Crippen LogP contribution in [0.3, 0.4) is 0 Å². The molecule has 0 aromatic rings. The van der Waals surface area contributed by atoms with Crippen LogP contribution in [0.25, 0.3) is 0 Å². The zero-order chi connectivity index (χ0) is 13.1. The van der Waals surface area contributed by atoms with Gasteiger partial charge in [-0.3, -0.25) is 0 Å². The molecule has 0 rings (SSSR count). The lowest BCUT2D eigenvalue weighted by Gasteiger charge is -2.28. The van der Waals surface area contributed by atoms with E-state index in [2.05, 4.69) is 11.3 Å². The quantitative estimate of drug-likeness (QED) is 0.543. The van der Waals surface area contributed by atoms with Crippen LogP contribution in [0.2, 0.25) is 0 Å². The second-order valence-corrected chi connectivity index (χ2v) is 2.64. The Kier molecular flexibility index (Phi) is 4.56. The van der Waals surface area contributed by atoms with Crippen LogP contribution in [-0.2, 0) is 4.74 Å². The summed E-state index contributed by atoms with van der Waals surface area (Å²) < 4.78 is 99.8. The van der Waals surface area contributed by atoms with Gasteiger partial charge in [-0.25, -0.2) is 13.2 Å². The van der Waals surface area contributed by atoms with Gasteiger partial charge in [0.25, 0.3) is 0 Å². The van der Waals surface area contributed by atoms with Crippen molar-refractivity contribution in [2.24, 2.45) is 0 Å². The molecule has 0 amide bonds. The minimum absolute atomic E-state index is 0.0409. The molecule has 0 bridgehead atoms. The Labute approximate surface area is 84.7 Å². The zero-order valence-electron chi connectivity index (χ0n) is 7.45. The lowest BCUT2D eigenvalue weighted by atomic mass is 10.1. The van der Waals surface area contributed by atoms with Gasteiger partial charge in [-0.1, -0.05) is 6.58 Å². The fourth-order valence-electron chi connectivity index (χ4n) is 0.754. The molecule has 0 heterocycles. The molecule has 0 saturated carbocycles. The van der Waals surface area contributed by atoms with E-state index in [4.69, 9.17) is 0 Å². The Hall–Kier alpha value is -1.02. The van der Waals surface area contributed by atoms with Crippen molar-refractivity contribution in [1.82, 2.24) is 0 Å². The Morgan fingerprint density at radius 3 is 1.69 bits per heavy atom. The third kappa shape index (κ3) is 3.24. The van der Waals surface area contributed by atoms with Gasteiger partial charge in [-0.15, -0.1) is 0 Å². The first-order valence-corrected chi connectivity index (χ1v) is 3.68. The molecule has 0 aliphatic heterocycles. The lowest BCUT2D eigenvalue weighted by molar-refractivity contribution is -0.266. The predicted octanol–water partition coefficient (Wildman–Crippen LogP) is 3.32. The van der Waals surface area contributed by atoms with Gasteiger partial charge in [-0.2, -0.15) is 22.0 Å². The molecule has 0 aliphatic carbocycles. The second-order valence-electron chi connectivity index (χ2n) is 2.64. The molecule has 1 nitrogen and oxygen atoms in total. The van der Waals surface area contributed by atoms with Gasteiger partial charge in [0.1, 0.15) is 0 Å². The van der Waals surface area contributed by atoms with E-state index in [0.717, 1.165) is 0 Å². The Balaban J connectivity index is 5.08. The van der Waals surface area contributed by atoms with Crippen molar-refractivity contribution in [3.8, 4) is 0 Å². The van der Waals surface area contributed by atoms with E-state index in [-0.39, 0.29) is 6.26 Å². The van der Waals surface area contributed by atoms with E-state index in [9.17, 15) is 35.1 Å². The molecular formula is C7H6F8O. The minimum atomic E-state index is -5.73. The summed E-state index contributed by atoms with van der Waals surface area (Å²) >= 11 is 0. The van der Waals surface area contributed by atoms with Gasteiger partial charge in [0.05, 0.1) is 6.26 Å². The largest absolute Gasteiger partial charge is 0.489 e. The van der Waals surface area contributed by atoms with E-state index in [0.29, 0.717) is 0 Å². The molecular weight excluding hydrogens is 252 g/mol. The van der Waals surface area contributed by atoms with Crippen LogP contribution in [-0.4, -0.2) is 30.8 Å².